The largest absolute Gasteiger partial charge is 0.179 e. The molecule has 10 heavy (non-hydrogen) atoms. The molecule has 0 fully saturated rings. The molecule has 0 rings (SSSR count). The van der Waals surface area contributed by atoms with Gasteiger partial charge in [0, 0.05) is 0 Å². The smallest absolute Gasteiger partial charge is 0.00979 e. The lowest BCUT2D eigenvalue weighted by Crippen LogP contribution is -1.76. The Labute approximate surface area is 70.1 Å². The molecular formula is C9H18S. The first-order valence-electron chi connectivity index (χ1n) is 4.17. The molecule has 0 amide bonds. The molecule has 0 spiro atoms. The molecule has 0 radical (unpaired) electrons. The Morgan fingerprint density at radius 2 is 1.90 bits per heavy atom. The molecule has 0 N–H and O–H groups in total. The summed E-state index contributed by atoms with van der Waals surface area (Å²) in [7, 11) is 0. The number of unbranched alkanes of at least 4 members (excludes halogenated alkanes) is 3. The highest BCUT2D eigenvalue weighted by Gasteiger charge is 1.83. The topological polar surface area (TPSA) is 0 Å². The minimum absolute atomic E-state index is 1.04. The van der Waals surface area contributed by atoms with Gasteiger partial charge in [0.2, 0.25) is 0 Å². The lowest BCUT2D eigenvalue weighted by Gasteiger charge is -1.92. The van der Waals surface area contributed by atoms with Crippen molar-refractivity contribution in [1.82, 2.24) is 0 Å². The summed E-state index contributed by atoms with van der Waals surface area (Å²) in [6.45, 7) is 2.17. The maximum atomic E-state index is 4.15. The molecular weight excluding hydrogens is 140 g/mol. The van der Waals surface area contributed by atoms with E-state index in [-0.39, 0.29) is 0 Å². The van der Waals surface area contributed by atoms with E-state index in [2.05, 4.69) is 31.7 Å². The van der Waals surface area contributed by atoms with E-state index in [1.807, 2.05) is 0 Å². The van der Waals surface area contributed by atoms with Gasteiger partial charge in [-0.15, -0.1) is 0 Å². The maximum Gasteiger partial charge on any atom is -0.00979 e. The van der Waals surface area contributed by atoms with Crippen LogP contribution in [0.4, 0.5) is 0 Å². The predicted octanol–water partition coefficient (Wildman–Crippen LogP) is 3.44. The van der Waals surface area contributed by atoms with Crippen molar-refractivity contribution in [2.75, 3.05) is 5.75 Å². The second-order valence-electron chi connectivity index (χ2n) is 2.45. The van der Waals surface area contributed by atoms with E-state index in [9.17, 15) is 0 Å². The van der Waals surface area contributed by atoms with E-state index in [4.69, 9.17) is 0 Å². The van der Waals surface area contributed by atoms with Gasteiger partial charge in [0.25, 0.3) is 0 Å². The third-order valence-corrected chi connectivity index (χ3v) is 1.75. The highest BCUT2D eigenvalue weighted by molar-refractivity contribution is 7.80. The Morgan fingerprint density at radius 1 is 1.10 bits per heavy atom. The highest BCUT2D eigenvalue weighted by atomic mass is 32.1. The van der Waals surface area contributed by atoms with E-state index in [0.29, 0.717) is 0 Å². The Hall–Kier alpha value is 0.0900. The quantitative estimate of drug-likeness (QED) is 0.342. The molecule has 0 unspecified atom stereocenters. The molecule has 0 atom stereocenters. The van der Waals surface area contributed by atoms with Gasteiger partial charge in [0.15, 0.2) is 0 Å². The molecule has 0 aromatic rings. The molecule has 0 aliphatic carbocycles. The zero-order chi connectivity index (χ0) is 7.66. The van der Waals surface area contributed by atoms with Crippen LogP contribution in [0.1, 0.15) is 39.0 Å². The second-order valence-corrected chi connectivity index (χ2v) is 2.90. The molecule has 1 heteroatoms. The lowest BCUT2D eigenvalue weighted by molar-refractivity contribution is 0.734. The van der Waals surface area contributed by atoms with Crippen LogP contribution in [-0.2, 0) is 0 Å². The molecule has 0 aromatic heterocycles. The molecule has 0 heterocycles. The minimum Gasteiger partial charge on any atom is -0.179 e. The van der Waals surface area contributed by atoms with Gasteiger partial charge in [0.05, 0.1) is 0 Å². The maximum absolute atomic E-state index is 4.15. The molecule has 0 aliphatic heterocycles. The van der Waals surface area contributed by atoms with Gasteiger partial charge in [0.1, 0.15) is 0 Å². The van der Waals surface area contributed by atoms with Gasteiger partial charge < -0.3 is 0 Å². The first kappa shape index (κ1) is 10.1. The zero-order valence-electron chi connectivity index (χ0n) is 6.84. The average molecular weight is 158 g/mol. The van der Waals surface area contributed by atoms with Crippen molar-refractivity contribution in [3.05, 3.63) is 12.2 Å². The van der Waals surface area contributed by atoms with Gasteiger partial charge in [-0.3, -0.25) is 0 Å². The summed E-state index contributed by atoms with van der Waals surface area (Å²) >= 11 is 4.15. The fourth-order valence-corrected chi connectivity index (χ4v) is 1.06. The molecule has 0 saturated heterocycles. The van der Waals surface area contributed by atoms with E-state index < -0.39 is 0 Å². The summed E-state index contributed by atoms with van der Waals surface area (Å²) in [5.74, 6) is 1.04. The monoisotopic (exact) mass is 158 g/mol. The first-order valence-corrected chi connectivity index (χ1v) is 4.81. The van der Waals surface area contributed by atoms with Crippen LogP contribution in [0.3, 0.4) is 0 Å². The summed E-state index contributed by atoms with van der Waals surface area (Å²) in [5.41, 5.74) is 0. The van der Waals surface area contributed by atoms with Gasteiger partial charge in [-0.05, 0) is 31.4 Å². The zero-order valence-corrected chi connectivity index (χ0v) is 7.74. The van der Waals surface area contributed by atoms with Gasteiger partial charge >= 0.3 is 0 Å². The van der Waals surface area contributed by atoms with Gasteiger partial charge in [-0.2, -0.15) is 12.6 Å². The van der Waals surface area contributed by atoms with Crippen LogP contribution in [0.25, 0.3) is 0 Å². The Kier molecular flexibility index (Phi) is 9.17. The Morgan fingerprint density at radius 3 is 2.50 bits per heavy atom. The third-order valence-electron chi connectivity index (χ3n) is 1.43. The fourth-order valence-electron chi connectivity index (χ4n) is 0.835. The standard InChI is InChI=1S/C9H18S/c1-2-3-4-5-6-7-8-9-10/h3-4,10H,2,5-9H2,1H3/b4-3-. The third kappa shape index (κ3) is 8.09. The van der Waals surface area contributed by atoms with Gasteiger partial charge in [-0.1, -0.05) is 25.5 Å². The lowest BCUT2D eigenvalue weighted by atomic mass is 10.2. The molecule has 60 valence electrons. The van der Waals surface area contributed by atoms with E-state index in [0.717, 1.165) is 5.75 Å². The van der Waals surface area contributed by atoms with Crippen molar-refractivity contribution in [1.29, 1.82) is 0 Å². The summed E-state index contributed by atoms with van der Waals surface area (Å²) in [6.07, 6.45) is 10.9. The minimum atomic E-state index is 1.04. The molecule has 0 aliphatic rings. The number of hydrogen-bond acceptors (Lipinski definition) is 1. The predicted molar refractivity (Wildman–Crippen MR) is 51.8 cm³/mol. The van der Waals surface area contributed by atoms with Crippen LogP contribution >= 0.6 is 12.6 Å². The van der Waals surface area contributed by atoms with E-state index in [1.165, 1.54) is 32.1 Å². The average Bonchev–Trinajstić information content (AvgIpc) is 1.97. The van der Waals surface area contributed by atoms with Crippen LogP contribution in [0.2, 0.25) is 0 Å². The molecule has 0 aromatic carbocycles. The van der Waals surface area contributed by atoms with Crippen molar-refractivity contribution in [2.45, 2.75) is 39.0 Å². The second kappa shape index (κ2) is 9.09. The summed E-state index contributed by atoms with van der Waals surface area (Å²) < 4.78 is 0. The Bertz CT molecular complexity index is 76.8. The molecule has 0 saturated carbocycles. The van der Waals surface area contributed by atoms with Gasteiger partial charge in [-0.25, -0.2) is 0 Å². The van der Waals surface area contributed by atoms with Crippen LogP contribution in [0, 0.1) is 0 Å². The summed E-state index contributed by atoms with van der Waals surface area (Å²) in [6, 6.07) is 0. The number of rotatable bonds is 6. The SMILES string of the molecule is CC/C=C\CCCCCS. The first-order chi connectivity index (χ1) is 4.91. The van der Waals surface area contributed by atoms with E-state index in [1.54, 1.807) is 0 Å². The van der Waals surface area contributed by atoms with Crippen molar-refractivity contribution in [3.63, 3.8) is 0 Å². The normalized spacial score (nSPS) is 11.0. The van der Waals surface area contributed by atoms with Crippen molar-refractivity contribution < 1.29 is 0 Å². The number of allylic oxidation sites excluding steroid dienone is 2. The summed E-state index contributed by atoms with van der Waals surface area (Å²) in [4.78, 5) is 0. The highest BCUT2D eigenvalue weighted by Crippen LogP contribution is 2.01. The number of hydrogen-bond donors (Lipinski definition) is 1. The van der Waals surface area contributed by atoms with E-state index >= 15 is 0 Å². The van der Waals surface area contributed by atoms with Crippen LogP contribution < -0.4 is 0 Å². The van der Waals surface area contributed by atoms with Crippen molar-refractivity contribution in [3.8, 4) is 0 Å². The van der Waals surface area contributed by atoms with Crippen molar-refractivity contribution >= 4 is 12.6 Å². The molecule has 0 bridgehead atoms. The molecule has 0 nitrogen and oxygen atoms in total. The van der Waals surface area contributed by atoms with Crippen molar-refractivity contribution in [2.24, 2.45) is 0 Å². The fraction of sp³-hybridized carbons (Fsp3) is 0.778. The van der Waals surface area contributed by atoms with Crippen LogP contribution in [0.5, 0.6) is 0 Å². The summed E-state index contributed by atoms with van der Waals surface area (Å²) in [5, 5.41) is 0. The Balaban J connectivity index is 2.83. The van der Waals surface area contributed by atoms with Crippen LogP contribution in [-0.4, -0.2) is 5.75 Å². The van der Waals surface area contributed by atoms with Crippen LogP contribution in [0.15, 0.2) is 12.2 Å². The number of thiol groups is 1.